The number of carbonyl (C=O) groups excluding carboxylic acids is 2. The molecule has 0 spiro atoms. The Hall–Kier alpha value is -1.24. The number of unbranched alkanes of at least 4 members (excludes halogenated alkanes) is 13. The highest BCUT2D eigenvalue weighted by Crippen LogP contribution is 2.13. The summed E-state index contributed by atoms with van der Waals surface area (Å²) in [6.45, 7) is 0. The van der Waals surface area contributed by atoms with Crippen molar-refractivity contribution >= 4 is 30.0 Å². The Kier molecular flexibility index (Phi) is 21.1. The summed E-state index contributed by atoms with van der Waals surface area (Å²) in [4.78, 5) is 21.8. The minimum atomic E-state index is 0.118. The van der Waals surface area contributed by atoms with Crippen molar-refractivity contribution < 1.29 is 9.59 Å². The molecule has 0 aliphatic heterocycles. The number of nitrogens with zero attached hydrogens (tertiary/aromatic N) is 1. The van der Waals surface area contributed by atoms with Crippen LogP contribution >= 0.6 is 11.9 Å². The standard InChI is InChI=1S/C21H42N4O2S/c22-20(24-23)16-12-10-8-6-4-2-1-3-5-7-9-11-13-17-21(27)25-28-19-15-14-18-26/h18H,1-17,19,23H2,(H2,22,24)(H,25,27). The number of amides is 1. The van der Waals surface area contributed by atoms with E-state index in [9.17, 15) is 9.59 Å². The number of nitrogens with two attached hydrogens (primary N) is 2. The monoisotopic (exact) mass is 414 g/mol. The number of hydrazone groups is 1. The molecule has 0 radical (unpaired) electrons. The van der Waals surface area contributed by atoms with Crippen molar-refractivity contribution in [3.8, 4) is 0 Å². The van der Waals surface area contributed by atoms with E-state index in [0.717, 1.165) is 44.1 Å². The molecule has 0 aromatic carbocycles. The first-order valence-electron chi connectivity index (χ1n) is 11.1. The lowest BCUT2D eigenvalue weighted by Gasteiger charge is -2.04. The molecule has 0 atom stereocenters. The third-order valence-corrected chi connectivity index (χ3v) is 5.62. The van der Waals surface area contributed by atoms with E-state index >= 15 is 0 Å². The van der Waals surface area contributed by atoms with Gasteiger partial charge in [-0.15, -0.1) is 0 Å². The van der Waals surface area contributed by atoms with Gasteiger partial charge in [-0.25, -0.2) is 0 Å². The first-order chi connectivity index (χ1) is 13.7. The van der Waals surface area contributed by atoms with Crippen LogP contribution in [0.15, 0.2) is 5.10 Å². The molecule has 0 rings (SSSR count). The number of hydrogen-bond acceptors (Lipinski definition) is 5. The maximum absolute atomic E-state index is 11.6. The van der Waals surface area contributed by atoms with Gasteiger partial charge in [-0.3, -0.25) is 4.79 Å². The second-order valence-electron chi connectivity index (χ2n) is 7.40. The molecule has 0 bridgehead atoms. The summed E-state index contributed by atoms with van der Waals surface area (Å²) in [7, 11) is 0. The summed E-state index contributed by atoms with van der Waals surface area (Å²) in [6, 6.07) is 0. The van der Waals surface area contributed by atoms with Crippen molar-refractivity contribution in [3.05, 3.63) is 0 Å². The third-order valence-electron chi connectivity index (χ3n) is 4.76. The van der Waals surface area contributed by atoms with E-state index in [1.54, 1.807) is 0 Å². The summed E-state index contributed by atoms with van der Waals surface area (Å²) in [5.41, 5.74) is 5.56. The smallest absolute Gasteiger partial charge is 0.229 e. The van der Waals surface area contributed by atoms with E-state index in [-0.39, 0.29) is 5.91 Å². The Balaban J connectivity index is 3.15. The van der Waals surface area contributed by atoms with E-state index in [4.69, 9.17) is 11.6 Å². The van der Waals surface area contributed by atoms with Crippen LogP contribution < -0.4 is 16.3 Å². The lowest BCUT2D eigenvalue weighted by Crippen LogP contribution is -2.15. The van der Waals surface area contributed by atoms with E-state index in [2.05, 4.69) is 9.82 Å². The zero-order valence-electron chi connectivity index (χ0n) is 17.6. The van der Waals surface area contributed by atoms with Crippen LogP contribution in [0.5, 0.6) is 0 Å². The number of rotatable bonds is 21. The fraction of sp³-hybridized carbons (Fsp3) is 0.857. The average Bonchev–Trinajstić information content (AvgIpc) is 2.70. The van der Waals surface area contributed by atoms with Gasteiger partial charge in [-0.1, -0.05) is 82.6 Å². The maximum atomic E-state index is 11.6. The second kappa shape index (κ2) is 22.1. The molecule has 0 fully saturated rings. The van der Waals surface area contributed by atoms with Crippen LogP contribution in [0.3, 0.4) is 0 Å². The fourth-order valence-electron chi connectivity index (χ4n) is 3.02. The Labute approximate surface area is 176 Å². The largest absolute Gasteiger partial charge is 0.386 e. The Morgan fingerprint density at radius 1 is 0.786 bits per heavy atom. The minimum absolute atomic E-state index is 0.118. The summed E-state index contributed by atoms with van der Waals surface area (Å²) < 4.78 is 2.84. The van der Waals surface area contributed by atoms with Gasteiger partial charge in [-0.2, -0.15) is 5.10 Å². The normalized spacial score (nSPS) is 11.5. The average molecular weight is 415 g/mol. The molecule has 164 valence electrons. The van der Waals surface area contributed by atoms with Crippen molar-refractivity contribution in [2.24, 2.45) is 16.7 Å². The zero-order valence-corrected chi connectivity index (χ0v) is 18.4. The lowest BCUT2D eigenvalue weighted by atomic mass is 10.0. The highest BCUT2D eigenvalue weighted by Gasteiger charge is 2.01. The number of amidine groups is 1. The van der Waals surface area contributed by atoms with E-state index < -0.39 is 0 Å². The second-order valence-corrected chi connectivity index (χ2v) is 8.30. The topological polar surface area (TPSA) is 111 Å². The SMILES string of the molecule is N/N=C(\N)CCCCCCCCCCCCCCCC(=O)NSCCCC=O. The molecule has 0 heterocycles. The molecule has 7 heteroatoms. The van der Waals surface area contributed by atoms with E-state index in [1.807, 2.05) is 0 Å². The molecule has 0 aliphatic carbocycles. The first kappa shape index (κ1) is 26.8. The van der Waals surface area contributed by atoms with Gasteiger partial charge in [-0.05, 0) is 19.3 Å². The van der Waals surface area contributed by atoms with Gasteiger partial charge in [0.15, 0.2) is 0 Å². The molecular formula is C21H42N4O2S. The minimum Gasteiger partial charge on any atom is -0.386 e. The van der Waals surface area contributed by atoms with Crippen molar-refractivity contribution in [2.45, 2.75) is 109 Å². The van der Waals surface area contributed by atoms with Gasteiger partial charge in [0, 0.05) is 25.0 Å². The van der Waals surface area contributed by atoms with Crippen LogP contribution in [0.2, 0.25) is 0 Å². The molecule has 6 nitrogen and oxygen atoms in total. The molecule has 0 saturated heterocycles. The lowest BCUT2D eigenvalue weighted by molar-refractivity contribution is -0.119. The summed E-state index contributed by atoms with van der Waals surface area (Å²) in [6.07, 6.45) is 20.0. The predicted octanol–water partition coefficient (Wildman–Crippen LogP) is 4.81. The van der Waals surface area contributed by atoms with Crippen LogP contribution in [0, 0.1) is 0 Å². The van der Waals surface area contributed by atoms with Gasteiger partial charge in [0.1, 0.15) is 12.1 Å². The highest BCUT2D eigenvalue weighted by molar-refractivity contribution is 7.97. The molecule has 0 aliphatic rings. The maximum Gasteiger partial charge on any atom is 0.229 e. The fourth-order valence-corrected chi connectivity index (χ4v) is 3.70. The number of nitrogens with one attached hydrogen (secondary N) is 1. The molecule has 5 N–H and O–H groups in total. The summed E-state index contributed by atoms with van der Waals surface area (Å²) >= 11 is 1.42. The van der Waals surface area contributed by atoms with Gasteiger partial charge >= 0.3 is 0 Å². The van der Waals surface area contributed by atoms with E-state index in [0.29, 0.717) is 18.7 Å². The van der Waals surface area contributed by atoms with Gasteiger partial charge in [0.25, 0.3) is 0 Å². The van der Waals surface area contributed by atoms with E-state index in [1.165, 1.54) is 76.2 Å². The van der Waals surface area contributed by atoms with Gasteiger partial charge < -0.3 is 21.1 Å². The van der Waals surface area contributed by atoms with Crippen LogP contribution in [-0.2, 0) is 9.59 Å². The van der Waals surface area contributed by atoms with Crippen LogP contribution in [0.1, 0.15) is 109 Å². The Morgan fingerprint density at radius 2 is 1.25 bits per heavy atom. The van der Waals surface area contributed by atoms with Crippen molar-refractivity contribution in [2.75, 3.05) is 5.75 Å². The molecule has 0 aromatic rings. The molecule has 0 unspecified atom stereocenters. The molecule has 0 aromatic heterocycles. The van der Waals surface area contributed by atoms with Crippen LogP contribution in [0.4, 0.5) is 0 Å². The molecule has 28 heavy (non-hydrogen) atoms. The number of carbonyl (C=O) groups is 2. The van der Waals surface area contributed by atoms with Crippen molar-refractivity contribution in [1.82, 2.24) is 4.72 Å². The van der Waals surface area contributed by atoms with Crippen LogP contribution in [0.25, 0.3) is 0 Å². The number of aldehydes is 1. The molecular weight excluding hydrogens is 372 g/mol. The number of hydrogen-bond donors (Lipinski definition) is 3. The first-order valence-corrected chi connectivity index (χ1v) is 12.1. The molecule has 0 saturated carbocycles. The Bertz CT molecular complexity index is 406. The van der Waals surface area contributed by atoms with Crippen molar-refractivity contribution in [3.63, 3.8) is 0 Å². The molecule has 1 amide bonds. The van der Waals surface area contributed by atoms with Gasteiger partial charge in [0.2, 0.25) is 5.91 Å². The van der Waals surface area contributed by atoms with Gasteiger partial charge in [0.05, 0.1) is 0 Å². The quantitative estimate of drug-likeness (QED) is 0.0474. The van der Waals surface area contributed by atoms with Crippen molar-refractivity contribution in [1.29, 1.82) is 0 Å². The zero-order chi connectivity index (χ0) is 20.7. The summed E-state index contributed by atoms with van der Waals surface area (Å²) in [5, 5.41) is 3.48. The summed E-state index contributed by atoms with van der Waals surface area (Å²) in [5.74, 6) is 6.59. The Morgan fingerprint density at radius 3 is 1.71 bits per heavy atom. The predicted molar refractivity (Wildman–Crippen MR) is 121 cm³/mol. The highest BCUT2D eigenvalue weighted by atomic mass is 32.2. The van der Waals surface area contributed by atoms with Crippen LogP contribution in [-0.4, -0.2) is 23.8 Å². The third kappa shape index (κ3) is 21.1.